The van der Waals surface area contributed by atoms with Gasteiger partial charge in [0, 0.05) is 0 Å². The normalized spacial score (nSPS) is 22.4. The summed E-state index contributed by atoms with van der Waals surface area (Å²) in [4.78, 5) is 24.0. The van der Waals surface area contributed by atoms with Gasteiger partial charge in [0.1, 0.15) is 0 Å². The Morgan fingerprint density at radius 1 is 1.00 bits per heavy atom. The van der Waals surface area contributed by atoms with Gasteiger partial charge in [-0.3, -0.25) is 9.59 Å². The Kier molecular flexibility index (Phi) is 9.97. The van der Waals surface area contributed by atoms with Crippen molar-refractivity contribution in [2.75, 3.05) is 13.7 Å². The second-order valence-electron chi connectivity index (χ2n) is 6.86. The topological polar surface area (TPSA) is 52.6 Å². The highest BCUT2D eigenvalue weighted by Crippen LogP contribution is 2.31. The molecule has 134 valence electrons. The molecule has 0 saturated heterocycles. The molecule has 0 aromatic carbocycles. The number of hydrogen-bond acceptors (Lipinski definition) is 4. The minimum absolute atomic E-state index is 0.116. The molecule has 0 aromatic rings. The molecule has 0 radical (unpaired) electrons. The Morgan fingerprint density at radius 2 is 1.70 bits per heavy atom. The van der Waals surface area contributed by atoms with Crippen molar-refractivity contribution in [1.29, 1.82) is 0 Å². The third kappa shape index (κ3) is 7.36. The molecule has 0 bridgehead atoms. The molecule has 1 aliphatic carbocycles. The van der Waals surface area contributed by atoms with Gasteiger partial charge in [-0.25, -0.2) is 0 Å². The van der Waals surface area contributed by atoms with E-state index in [1.807, 2.05) is 0 Å². The Balaban J connectivity index is 2.39. The number of methoxy groups -OCH3 is 1. The van der Waals surface area contributed by atoms with Crippen LogP contribution in [-0.4, -0.2) is 25.7 Å². The molecule has 0 heterocycles. The summed E-state index contributed by atoms with van der Waals surface area (Å²) in [5, 5.41) is 0. The fraction of sp³-hybridized carbons (Fsp3) is 0.895. The van der Waals surface area contributed by atoms with Crippen molar-refractivity contribution < 1.29 is 19.1 Å². The van der Waals surface area contributed by atoms with Gasteiger partial charge < -0.3 is 9.47 Å². The number of rotatable bonds is 10. The molecular formula is C19H34O4. The van der Waals surface area contributed by atoms with E-state index < -0.39 is 0 Å². The smallest absolute Gasteiger partial charge is 0.308 e. The van der Waals surface area contributed by atoms with Crippen LogP contribution in [0, 0.1) is 17.8 Å². The maximum atomic E-state index is 12.3. The molecule has 0 aliphatic heterocycles. The molecule has 3 atom stereocenters. The van der Waals surface area contributed by atoms with E-state index in [1.54, 1.807) is 0 Å². The highest BCUT2D eigenvalue weighted by Gasteiger charge is 2.32. The molecular weight excluding hydrogens is 292 g/mol. The summed E-state index contributed by atoms with van der Waals surface area (Å²) in [6, 6.07) is 0. The number of unbranched alkanes of at least 4 members (excludes halogenated alkanes) is 2. The van der Waals surface area contributed by atoms with E-state index in [9.17, 15) is 9.59 Å². The second-order valence-corrected chi connectivity index (χ2v) is 6.86. The molecule has 4 heteroatoms. The van der Waals surface area contributed by atoms with Crippen molar-refractivity contribution in [3.05, 3.63) is 0 Å². The first-order chi connectivity index (χ1) is 11.1. The predicted octanol–water partition coefficient (Wildman–Crippen LogP) is 4.51. The van der Waals surface area contributed by atoms with Crippen LogP contribution in [0.3, 0.4) is 0 Å². The van der Waals surface area contributed by atoms with Crippen LogP contribution in [0.15, 0.2) is 0 Å². The number of esters is 2. The lowest BCUT2D eigenvalue weighted by Crippen LogP contribution is -2.30. The van der Waals surface area contributed by atoms with Gasteiger partial charge >= 0.3 is 11.9 Å². The van der Waals surface area contributed by atoms with Crippen LogP contribution in [0.25, 0.3) is 0 Å². The van der Waals surface area contributed by atoms with Crippen molar-refractivity contribution in [3.8, 4) is 0 Å². The monoisotopic (exact) mass is 326 g/mol. The van der Waals surface area contributed by atoms with Crippen LogP contribution in [-0.2, 0) is 19.1 Å². The van der Waals surface area contributed by atoms with Gasteiger partial charge in [-0.2, -0.15) is 0 Å². The Hall–Kier alpha value is -1.06. The largest absolute Gasteiger partial charge is 0.469 e. The minimum Gasteiger partial charge on any atom is -0.469 e. The lowest BCUT2D eigenvalue weighted by Gasteiger charge is -2.26. The standard InChI is InChI=1S/C19H34O4/c1-4-6-7-10-15(9-5-2)14-23-19(21)17-12-8-11-16(13-17)18(20)22-3/h15-17H,4-14H2,1-3H3. The molecule has 3 unspecified atom stereocenters. The molecule has 1 fully saturated rings. The first-order valence-electron chi connectivity index (χ1n) is 9.36. The molecule has 0 aromatic heterocycles. The average Bonchev–Trinajstić information content (AvgIpc) is 2.58. The quantitative estimate of drug-likeness (QED) is 0.438. The fourth-order valence-corrected chi connectivity index (χ4v) is 3.50. The molecule has 23 heavy (non-hydrogen) atoms. The van der Waals surface area contributed by atoms with E-state index >= 15 is 0 Å². The number of ether oxygens (including phenoxy) is 2. The van der Waals surface area contributed by atoms with Gasteiger partial charge in [-0.05, 0) is 38.0 Å². The first-order valence-corrected chi connectivity index (χ1v) is 9.36. The van der Waals surface area contributed by atoms with E-state index in [0.717, 1.165) is 38.5 Å². The molecule has 0 N–H and O–H groups in total. The van der Waals surface area contributed by atoms with E-state index in [1.165, 1.54) is 26.4 Å². The summed E-state index contributed by atoms with van der Waals surface area (Å²) in [6.45, 7) is 4.92. The summed E-state index contributed by atoms with van der Waals surface area (Å²) in [7, 11) is 1.41. The van der Waals surface area contributed by atoms with Crippen molar-refractivity contribution in [1.82, 2.24) is 0 Å². The van der Waals surface area contributed by atoms with Crippen LogP contribution < -0.4 is 0 Å². The summed E-state index contributed by atoms with van der Waals surface area (Å²) in [5.74, 6) is -0.0929. The number of carbonyl (C=O) groups is 2. The van der Waals surface area contributed by atoms with E-state index in [0.29, 0.717) is 18.9 Å². The zero-order valence-corrected chi connectivity index (χ0v) is 15.1. The fourth-order valence-electron chi connectivity index (χ4n) is 3.50. The third-order valence-corrected chi connectivity index (χ3v) is 4.92. The van der Waals surface area contributed by atoms with Crippen LogP contribution in [0.1, 0.15) is 78.1 Å². The summed E-state index contributed by atoms with van der Waals surface area (Å²) < 4.78 is 10.4. The number of hydrogen-bond donors (Lipinski definition) is 0. The highest BCUT2D eigenvalue weighted by atomic mass is 16.5. The van der Waals surface area contributed by atoms with Crippen LogP contribution >= 0.6 is 0 Å². The SMILES string of the molecule is CCCCCC(CCC)COC(=O)C1CCCC(C(=O)OC)C1. The Bertz CT molecular complexity index is 353. The first kappa shape index (κ1) is 20.0. The van der Waals surface area contributed by atoms with Crippen LogP contribution in [0.5, 0.6) is 0 Å². The lowest BCUT2D eigenvalue weighted by atomic mass is 9.81. The third-order valence-electron chi connectivity index (χ3n) is 4.92. The van der Waals surface area contributed by atoms with Gasteiger partial charge in [0.15, 0.2) is 0 Å². The molecule has 1 aliphatic rings. The molecule has 0 amide bonds. The van der Waals surface area contributed by atoms with E-state index in [2.05, 4.69) is 13.8 Å². The van der Waals surface area contributed by atoms with Gasteiger partial charge in [0.2, 0.25) is 0 Å². The molecule has 1 rings (SSSR count). The Labute approximate surface area is 141 Å². The summed E-state index contributed by atoms with van der Waals surface area (Å²) in [6.07, 6.45) is 10.2. The van der Waals surface area contributed by atoms with Gasteiger partial charge in [-0.1, -0.05) is 46.0 Å². The molecule has 1 saturated carbocycles. The maximum Gasteiger partial charge on any atom is 0.308 e. The maximum absolute atomic E-state index is 12.3. The van der Waals surface area contributed by atoms with Crippen molar-refractivity contribution in [2.24, 2.45) is 17.8 Å². The van der Waals surface area contributed by atoms with Gasteiger partial charge in [0.25, 0.3) is 0 Å². The van der Waals surface area contributed by atoms with Crippen LogP contribution in [0.4, 0.5) is 0 Å². The molecule has 4 nitrogen and oxygen atoms in total. The van der Waals surface area contributed by atoms with Gasteiger partial charge in [0.05, 0.1) is 25.6 Å². The minimum atomic E-state index is -0.189. The van der Waals surface area contributed by atoms with Crippen molar-refractivity contribution in [2.45, 2.75) is 78.1 Å². The van der Waals surface area contributed by atoms with Crippen molar-refractivity contribution >= 4 is 11.9 Å². The Morgan fingerprint density at radius 3 is 2.30 bits per heavy atom. The van der Waals surface area contributed by atoms with Crippen molar-refractivity contribution in [3.63, 3.8) is 0 Å². The highest BCUT2D eigenvalue weighted by molar-refractivity contribution is 5.76. The second kappa shape index (κ2) is 11.5. The average molecular weight is 326 g/mol. The van der Waals surface area contributed by atoms with E-state index in [4.69, 9.17) is 9.47 Å². The lowest BCUT2D eigenvalue weighted by molar-refractivity contribution is -0.154. The summed E-state index contributed by atoms with van der Waals surface area (Å²) in [5.41, 5.74) is 0. The summed E-state index contributed by atoms with van der Waals surface area (Å²) >= 11 is 0. The zero-order valence-electron chi connectivity index (χ0n) is 15.1. The van der Waals surface area contributed by atoms with Gasteiger partial charge in [-0.15, -0.1) is 0 Å². The van der Waals surface area contributed by atoms with Crippen LogP contribution in [0.2, 0.25) is 0 Å². The van der Waals surface area contributed by atoms with E-state index in [-0.39, 0.29) is 23.8 Å². The number of carbonyl (C=O) groups excluding carboxylic acids is 2. The zero-order chi connectivity index (χ0) is 17.1. The molecule has 0 spiro atoms. The predicted molar refractivity (Wildman–Crippen MR) is 91.0 cm³/mol.